The average Bonchev–Trinajstić information content (AvgIpc) is 2.93. The molecule has 214 valence electrons. The van der Waals surface area contributed by atoms with Crippen molar-refractivity contribution in [1.29, 1.82) is 0 Å². The van der Waals surface area contributed by atoms with Crippen molar-refractivity contribution in [3.8, 4) is 28.0 Å². The molecule has 3 aromatic rings. The number of imide groups is 1. The summed E-state index contributed by atoms with van der Waals surface area (Å²) in [6.07, 6.45) is 0. The molecule has 1 aliphatic rings. The van der Waals surface area contributed by atoms with Crippen LogP contribution in [0.3, 0.4) is 0 Å². The smallest absolute Gasteiger partial charge is 0.323 e. The number of carboxylic acids is 1. The molecule has 0 aromatic heterocycles. The van der Waals surface area contributed by atoms with Gasteiger partial charge in [0.15, 0.2) is 0 Å². The molecule has 0 spiro atoms. The number of nitrogens with zero attached hydrogens (tertiary/aromatic N) is 1. The van der Waals surface area contributed by atoms with Gasteiger partial charge in [-0.3, -0.25) is 19.3 Å². The molecule has 0 aliphatic carbocycles. The van der Waals surface area contributed by atoms with Gasteiger partial charge in [-0.25, -0.2) is 9.18 Å². The topological polar surface area (TPSA) is 137 Å². The van der Waals surface area contributed by atoms with Crippen LogP contribution in [0.2, 0.25) is 0 Å². The lowest BCUT2D eigenvalue weighted by atomic mass is 9.90. The summed E-state index contributed by atoms with van der Waals surface area (Å²) in [5.41, 5.74) is 5.45. The zero-order chi connectivity index (χ0) is 29.8. The van der Waals surface area contributed by atoms with E-state index in [0.29, 0.717) is 17.0 Å². The van der Waals surface area contributed by atoms with Gasteiger partial charge in [0.1, 0.15) is 17.5 Å². The van der Waals surface area contributed by atoms with Gasteiger partial charge in [-0.2, -0.15) is 0 Å². The van der Waals surface area contributed by atoms with Crippen LogP contribution in [0.15, 0.2) is 48.5 Å². The number of benzene rings is 3. The molecule has 1 fully saturated rings. The summed E-state index contributed by atoms with van der Waals surface area (Å²) in [6.45, 7) is 3.38. The van der Waals surface area contributed by atoms with E-state index in [1.165, 1.54) is 20.2 Å². The Morgan fingerprint density at radius 2 is 1.73 bits per heavy atom. The first-order valence-electron chi connectivity index (χ1n) is 12.9. The fraction of sp³-hybridized carbons (Fsp3) is 0.267. The number of nitrogens with one attached hydrogen (secondary N) is 3. The molecular formula is C30H31FN4O6. The average molecular weight is 563 g/mol. The molecular weight excluding hydrogens is 531 g/mol. The van der Waals surface area contributed by atoms with E-state index in [1.807, 2.05) is 38.1 Å². The Balaban J connectivity index is 1.65. The molecule has 10 nitrogen and oxygen atoms in total. The summed E-state index contributed by atoms with van der Waals surface area (Å²) >= 11 is 0. The number of ether oxygens (including phenoxy) is 1. The second-order valence-corrected chi connectivity index (χ2v) is 9.72. The van der Waals surface area contributed by atoms with Crippen molar-refractivity contribution < 1.29 is 33.4 Å². The molecule has 3 aromatic carbocycles. The second-order valence-electron chi connectivity index (χ2n) is 9.72. The number of halogens is 1. The summed E-state index contributed by atoms with van der Waals surface area (Å²) in [5, 5.41) is 16.9. The molecule has 4 N–H and O–H groups in total. The van der Waals surface area contributed by atoms with Crippen LogP contribution in [0.4, 0.5) is 14.9 Å². The Bertz CT molecular complexity index is 1540. The van der Waals surface area contributed by atoms with Gasteiger partial charge in [0.2, 0.25) is 11.8 Å². The number of aliphatic carboxylic acids is 1. The Hall–Kier alpha value is -4.77. The summed E-state index contributed by atoms with van der Waals surface area (Å²) in [5.74, 6) is -3.42. The number of urea groups is 1. The molecule has 1 unspecified atom stereocenters. The molecule has 1 heterocycles. The fourth-order valence-corrected chi connectivity index (χ4v) is 4.87. The van der Waals surface area contributed by atoms with E-state index >= 15 is 4.39 Å². The van der Waals surface area contributed by atoms with Gasteiger partial charge in [-0.1, -0.05) is 30.3 Å². The van der Waals surface area contributed by atoms with Gasteiger partial charge < -0.3 is 25.8 Å². The zero-order valence-corrected chi connectivity index (χ0v) is 23.1. The standard InChI is InChI=1S/C30H31FN4O6/c1-16-19(18-11-24(31)22(26(12-18)41-4)13-32-15-27(36)37)7-5-8-20(16)21-9-6-10-25(17(21)2)34-28(38)23-14-33-30(40)35(3)29(23)39/h5-12,23,32H,13-15H2,1-4H3,(H,33,40)(H,34,38)(H,36,37). The Kier molecular flexibility index (Phi) is 8.68. The van der Waals surface area contributed by atoms with E-state index in [-0.39, 0.29) is 25.2 Å². The minimum absolute atomic E-state index is 0.00652. The highest BCUT2D eigenvalue weighted by Crippen LogP contribution is 2.37. The van der Waals surface area contributed by atoms with Crippen LogP contribution < -0.4 is 20.7 Å². The van der Waals surface area contributed by atoms with Crippen LogP contribution >= 0.6 is 0 Å². The molecule has 4 rings (SSSR count). The maximum atomic E-state index is 15.2. The highest BCUT2D eigenvalue weighted by atomic mass is 19.1. The van der Waals surface area contributed by atoms with Gasteiger partial charge in [-0.05, 0) is 65.4 Å². The maximum absolute atomic E-state index is 15.2. The third-order valence-electron chi connectivity index (χ3n) is 7.19. The largest absolute Gasteiger partial charge is 0.496 e. The van der Waals surface area contributed by atoms with Gasteiger partial charge in [-0.15, -0.1) is 0 Å². The number of amides is 4. The third kappa shape index (κ3) is 6.04. The quantitative estimate of drug-likeness (QED) is 0.292. The van der Waals surface area contributed by atoms with Crippen LogP contribution in [-0.2, 0) is 20.9 Å². The predicted octanol–water partition coefficient (Wildman–Crippen LogP) is 3.70. The Labute approximate surface area is 236 Å². The van der Waals surface area contributed by atoms with Gasteiger partial charge in [0.25, 0.3) is 0 Å². The predicted molar refractivity (Wildman–Crippen MR) is 151 cm³/mol. The molecule has 11 heteroatoms. The van der Waals surface area contributed by atoms with Crippen LogP contribution in [0, 0.1) is 25.6 Å². The van der Waals surface area contributed by atoms with E-state index in [2.05, 4.69) is 16.0 Å². The van der Waals surface area contributed by atoms with Gasteiger partial charge in [0.05, 0.1) is 13.7 Å². The summed E-state index contributed by atoms with van der Waals surface area (Å²) in [4.78, 5) is 48.8. The summed E-state index contributed by atoms with van der Waals surface area (Å²) < 4.78 is 20.6. The Morgan fingerprint density at radius 3 is 2.41 bits per heavy atom. The van der Waals surface area contributed by atoms with Crippen molar-refractivity contribution in [1.82, 2.24) is 15.5 Å². The summed E-state index contributed by atoms with van der Waals surface area (Å²) in [6, 6.07) is 13.7. The molecule has 1 atom stereocenters. The number of carbonyl (C=O) groups is 4. The van der Waals surface area contributed by atoms with E-state index < -0.39 is 35.5 Å². The van der Waals surface area contributed by atoms with Crippen LogP contribution in [0.1, 0.15) is 16.7 Å². The number of carbonyl (C=O) groups excluding carboxylic acids is 3. The van der Waals surface area contributed by atoms with Crippen molar-refractivity contribution >= 4 is 29.5 Å². The van der Waals surface area contributed by atoms with E-state index in [1.54, 1.807) is 18.2 Å². The zero-order valence-electron chi connectivity index (χ0n) is 23.1. The lowest BCUT2D eigenvalue weighted by Crippen LogP contribution is -2.56. The third-order valence-corrected chi connectivity index (χ3v) is 7.19. The van der Waals surface area contributed by atoms with Crippen LogP contribution in [0.5, 0.6) is 5.75 Å². The van der Waals surface area contributed by atoms with Crippen molar-refractivity contribution in [2.24, 2.45) is 5.92 Å². The SMILES string of the molecule is COc1cc(-c2cccc(-c3cccc(NC(=O)C4CNC(=O)N(C)C4=O)c3C)c2C)cc(F)c1CNCC(=O)O. The molecule has 0 saturated carbocycles. The summed E-state index contributed by atoms with van der Waals surface area (Å²) in [7, 11) is 2.75. The number of carboxylic acid groups (broad SMARTS) is 1. The molecule has 1 saturated heterocycles. The van der Waals surface area contributed by atoms with E-state index in [9.17, 15) is 19.2 Å². The van der Waals surface area contributed by atoms with E-state index in [0.717, 1.165) is 32.7 Å². The highest BCUT2D eigenvalue weighted by Gasteiger charge is 2.36. The first-order chi connectivity index (χ1) is 19.5. The van der Waals surface area contributed by atoms with E-state index in [4.69, 9.17) is 9.84 Å². The minimum atomic E-state index is -1.05. The Morgan fingerprint density at radius 1 is 1.07 bits per heavy atom. The lowest BCUT2D eigenvalue weighted by Gasteiger charge is -2.28. The maximum Gasteiger partial charge on any atom is 0.323 e. The normalized spacial score (nSPS) is 15.0. The number of anilines is 1. The second kappa shape index (κ2) is 12.2. The molecule has 0 radical (unpaired) electrons. The van der Waals surface area contributed by atoms with Crippen molar-refractivity contribution in [2.45, 2.75) is 20.4 Å². The molecule has 4 amide bonds. The number of rotatable bonds is 9. The van der Waals surface area contributed by atoms with Crippen molar-refractivity contribution in [3.63, 3.8) is 0 Å². The first kappa shape index (κ1) is 29.2. The van der Waals surface area contributed by atoms with Gasteiger partial charge >= 0.3 is 12.0 Å². The number of methoxy groups -OCH3 is 1. The van der Waals surface area contributed by atoms with Gasteiger partial charge in [0, 0.05) is 31.4 Å². The molecule has 1 aliphatic heterocycles. The molecule has 41 heavy (non-hydrogen) atoms. The monoisotopic (exact) mass is 562 g/mol. The number of hydrogen-bond acceptors (Lipinski definition) is 6. The number of hydrogen-bond donors (Lipinski definition) is 4. The van der Waals surface area contributed by atoms with Crippen molar-refractivity contribution in [2.75, 3.05) is 32.6 Å². The lowest BCUT2D eigenvalue weighted by molar-refractivity contribution is -0.138. The minimum Gasteiger partial charge on any atom is -0.496 e. The van der Waals surface area contributed by atoms with Crippen LogP contribution in [-0.4, -0.2) is 61.1 Å². The van der Waals surface area contributed by atoms with Crippen LogP contribution in [0.25, 0.3) is 22.3 Å². The highest BCUT2D eigenvalue weighted by molar-refractivity contribution is 6.12. The fourth-order valence-electron chi connectivity index (χ4n) is 4.87. The van der Waals surface area contributed by atoms with Crippen molar-refractivity contribution in [3.05, 3.63) is 71.0 Å². The molecule has 0 bridgehead atoms. The first-order valence-corrected chi connectivity index (χ1v) is 12.9.